The Bertz CT molecular complexity index is 1030. The van der Waals surface area contributed by atoms with Gasteiger partial charge in [-0.1, -0.05) is 25.2 Å². The standard InChI is InChI=1S/C24H34N2O6S/c1-16-13-26(17(2)15-27)33(30,31)23-11-10-19(9-8-18(3)28)12-21(23)32-22(16)14-25(4)24(29)20-6-5-7-20/h10-12,16-18,20,22,27-28H,5-7,13-15H2,1-4H3/t16-,17+,18-,22-/m0/s1. The van der Waals surface area contributed by atoms with Crippen LogP contribution in [0.2, 0.25) is 0 Å². The molecule has 1 amide bonds. The summed E-state index contributed by atoms with van der Waals surface area (Å²) >= 11 is 0. The zero-order valence-electron chi connectivity index (χ0n) is 19.7. The molecule has 0 spiro atoms. The van der Waals surface area contributed by atoms with Gasteiger partial charge in [0.05, 0.1) is 13.2 Å². The molecule has 0 bridgehead atoms. The summed E-state index contributed by atoms with van der Waals surface area (Å²) in [6.45, 7) is 5.26. The van der Waals surface area contributed by atoms with Gasteiger partial charge in [0.25, 0.3) is 0 Å². The lowest BCUT2D eigenvalue weighted by molar-refractivity contribution is -0.138. The first-order valence-corrected chi connectivity index (χ1v) is 12.9. The monoisotopic (exact) mass is 478 g/mol. The molecule has 0 unspecified atom stereocenters. The topological polar surface area (TPSA) is 107 Å². The fraction of sp³-hybridized carbons (Fsp3) is 0.625. The van der Waals surface area contributed by atoms with Gasteiger partial charge in [0, 0.05) is 37.0 Å². The quantitative estimate of drug-likeness (QED) is 0.621. The summed E-state index contributed by atoms with van der Waals surface area (Å²) in [5.74, 6) is 5.53. The molecule has 1 aromatic rings. The van der Waals surface area contributed by atoms with Crippen LogP contribution in [0.1, 0.15) is 45.6 Å². The smallest absolute Gasteiger partial charge is 0.247 e. The van der Waals surface area contributed by atoms with Crippen molar-refractivity contribution in [1.82, 2.24) is 9.21 Å². The highest BCUT2D eigenvalue weighted by molar-refractivity contribution is 7.89. The van der Waals surface area contributed by atoms with Crippen molar-refractivity contribution in [2.45, 2.75) is 63.2 Å². The highest BCUT2D eigenvalue weighted by atomic mass is 32.2. The van der Waals surface area contributed by atoms with E-state index in [0.29, 0.717) is 12.1 Å². The Morgan fingerprint density at radius 1 is 1.33 bits per heavy atom. The molecule has 33 heavy (non-hydrogen) atoms. The van der Waals surface area contributed by atoms with Crippen LogP contribution in [-0.4, -0.2) is 78.7 Å². The number of aliphatic hydroxyl groups is 2. The van der Waals surface area contributed by atoms with E-state index < -0.39 is 28.3 Å². The first kappa shape index (κ1) is 25.5. The van der Waals surface area contributed by atoms with Gasteiger partial charge in [0.15, 0.2) is 0 Å². The SMILES string of the molecule is C[C@H](O)C#Cc1ccc2c(c1)O[C@@H](CN(C)C(=O)C1CCC1)[C@@H](C)CN([C@H](C)CO)S2(=O)=O. The van der Waals surface area contributed by atoms with Crippen molar-refractivity contribution in [3.8, 4) is 17.6 Å². The molecule has 1 saturated carbocycles. The number of aliphatic hydroxyl groups excluding tert-OH is 2. The lowest BCUT2D eigenvalue weighted by Crippen LogP contribution is -2.50. The van der Waals surface area contributed by atoms with Gasteiger partial charge >= 0.3 is 0 Å². The second kappa shape index (κ2) is 10.4. The molecule has 0 saturated heterocycles. The third-order valence-electron chi connectivity index (χ3n) is 6.38. The highest BCUT2D eigenvalue weighted by Gasteiger charge is 2.39. The average Bonchev–Trinajstić information content (AvgIpc) is 2.72. The van der Waals surface area contributed by atoms with E-state index >= 15 is 0 Å². The van der Waals surface area contributed by atoms with Gasteiger partial charge in [-0.05, 0) is 44.9 Å². The number of carbonyl (C=O) groups is 1. The van der Waals surface area contributed by atoms with Crippen LogP contribution in [0, 0.1) is 23.7 Å². The van der Waals surface area contributed by atoms with Gasteiger partial charge in [0.1, 0.15) is 22.9 Å². The Labute approximate surface area is 196 Å². The van der Waals surface area contributed by atoms with E-state index in [2.05, 4.69) is 11.8 Å². The van der Waals surface area contributed by atoms with Crippen LogP contribution >= 0.6 is 0 Å². The molecule has 0 aromatic heterocycles. The Morgan fingerprint density at radius 2 is 2.03 bits per heavy atom. The van der Waals surface area contributed by atoms with Crippen molar-refractivity contribution < 1.29 is 28.2 Å². The van der Waals surface area contributed by atoms with Crippen molar-refractivity contribution in [3.63, 3.8) is 0 Å². The molecule has 1 heterocycles. The van der Waals surface area contributed by atoms with Crippen LogP contribution in [0.25, 0.3) is 0 Å². The van der Waals surface area contributed by atoms with E-state index in [1.165, 1.54) is 10.4 Å². The zero-order chi connectivity index (χ0) is 24.3. The van der Waals surface area contributed by atoms with Gasteiger partial charge in [-0.25, -0.2) is 8.42 Å². The summed E-state index contributed by atoms with van der Waals surface area (Å²) in [6, 6.07) is 3.96. The normalized spacial score (nSPS) is 24.5. The maximum atomic E-state index is 13.5. The number of ether oxygens (including phenoxy) is 1. The number of fused-ring (bicyclic) bond motifs is 1. The number of sulfonamides is 1. The summed E-state index contributed by atoms with van der Waals surface area (Å²) in [5, 5.41) is 19.2. The summed E-state index contributed by atoms with van der Waals surface area (Å²) in [5.41, 5.74) is 0.512. The molecule has 2 N–H and O–H groups in total. The minimum Gasteiger partial charge on any atom is -0.487 e. The second-order valence-corrected chi connectivity index (χ2v) is 11.1. The van der Waals surface area contributed by atoms with Gasteiger partial charge < -0.3 is 19.8 Å². The number of benzene rings is 1. The molecular weight excluding hydrogens is 444 g/mol. The van der Waals surface area contributed by atoms with E-state index in [-0.39, 0.29) is 41.5 Å². The van der Waals surface area contributed by atoms with E-state index in [0.717, 1.165) is 19.3 Å². The van der Waals surface area contributed by atoms with E-state index in [9.17, 15) is 23.4 Å². The lowest BCUT2D eigenvalue weighted by atomic mass is 9.84. The van der Waals surface area contributed by atoms with Gasteiger partial charge in [-0.15, -0.1) is 0 Å². The number of carbonyl (C=O) groups excluding carboxylic acids is 1. The maximum absolute atomic E-state index is 13.5. The minimum atomic E-state index is -3.94. The number of rotatable bonds is 5. The third-order valence-corrected chi connectivity index (χ3v) is 8.40. The fourth-order valence-electron chi connectivity index (χ4n) is 4.04. The first-order chi connectivity index (χ1) is 15.5. The molecule has 9 heteroatoms. The molecule has 0 radical (unpaired) electrons. The number of hydrogen-bond acceptors (Lipinski definition) is 6. The van der Waals surface area contributed by atoms with Gasteiger partial charge in [-0.2, -0.15) is 4.31 Å². The van der Waals surface area contributed by atoms with Crippen LogP contribution in [0.3, 0.4) is 0 Å². The van der Waals surface area contributed by atoms with Crippen molar-refractivity contribution in [1.29, 1.82) is 0 Å². The summed E-state index contributed by atoms with van der Waals surface area (Å²) in [4.78, 5) is 14.4. The molecule has 2 aliphatic rings. The van der Waals surface area contributed by atoms with Crippen molar-refractivity contribution in [2.75, 3.05) is 26.7 Å². The minimum absolute atomic E-state index is 0.00438. The Morgan fingerprint density at radius 3 is 2.61 bits per heavy atom. The van der Waals surface area contributed by atoms with Gasteiger partial charge in [-0.3, -0.25) is 4.79 Å². The van der Waals surface area contributed by atoms with Gasteiger partial charge in [0.2, 0.25) is 15.9 Å². The molecule has 182 valence electrons. The molecule has 3 rings (SSSR count). The molecule has 1 aliphatic heterocycles. The number of amides is 1. The van der Waals surface area contributed by atoms with Crippen LogP contribution < -0.4 is 4.74 Å². The maximum Gasteiger partial charge on any atom is 0.247 e. The first-order valence-electron chi connectivity index (χ1n) is 11.4. The summed E-state index contributed by atoms with van der Waals surface area (Å²) in [7, 11) is -2.19. The van der Waals surface area contributed by atoms with Crippen LogP contribution in [0.5, 0.6) is 5.75 Å². The lowest BCUT2D eigenvalue weighted by Gasteiger charge is -2.38. The van der Waals surface area contributed by atoms with Crippen LogP contribution in [-0.2, 0) is 14.8 Å². The summed E-state index contributed by atoms with van der Waals surface area (Å²) < 4.78 is 34.5. The number of nitrogens with zero attached hydrogens (tertiary/aromatic N) is 2. The molecule has 1 aliphatic carbocycles. The molecule has 8 nitrogen and oxygen atoms in total. The fourth-order valence-corrected chi connectivity index (χ4v) is 5.86. The molecule has 1 aromatic carbocycles. The zero-order valence-corrected chi connectivity index (χ0v) is 20.5. The predicted molar refractivity (Wildman–Crippen MR) is 124 cm³/mol. The Hall–Kier alpha value is -2.12. The molecule has 1 fully saturated rings. The van der Waals surface area contributed by atoms with Crippen molar-refractivity contribution in [3.05, 3.63) is 23.8 Å². The van der Waals surface area contributed by atoms with Crippen LogP contribution in [0.15, 0.2) is 23.1 Å². The second-order valence-electron chi connectivity index (χ2n) is 9.19. The average molecular weight is 479 g/mol. The van der Waals surface area contributed by atoms with Crippen molar-refractivity contribution >= 4 is 15.9 Å². The number of hydrogen-bond donors (Lipinski definition) is 2. The molecular formula is C24H34N2O6S. The van der Waals surface area contributed by atoms with Crippen LogP contribution in [0.4, 0.5) is 0 Å². The number of likely N-dealkylation sites (N-methyl/N-ethyl adjacent to an activating group) is 1. The molecule has 4 atom stereocenters. The van der Waals surface area contributed by atoms with E-state index in [4.69, 9.17) is 4.74 Å². The third kappa shape index (κ3) is 5.69. The summed E-state index contributed by atoms with van der Waals surface area (Å²) in [6.07, 6.45) is 1.59. The largest absolute Gasteiger partial charge is 0.487 e. The van der Waals surface area contributed by atoms with E-state index in [1.807, 2.05) is 6.92 Å². The van der Waals surface area contributed by atoms with Crippen molar-refractivity contribution in [2.24, 2.45) is 11.8 Å². The predicted octanol–water partition coefficient (Wildman–Crippen LogP) is 1.45. The highest BCUT2D eigenvalue weighted by Crippen LogP contribution is 2.34. The Balaban J connectivity index is 2.01. The Kier molecular flexibility index (Phi) is 8.06. The van der Waals surface area contributed by atoms with E-state index in [1.54, 1.807) is 37.9 Å².